The van der Waals surface area contributed by atoms with Crippen LogP contribution in [0.4, 0.5) is 4.79 Å². The van der Waals surface area contributed by atoms with Gasteiger partial charge in [-0.05, 0) is 24.6 Å². The van der Waals surface area contributed by atoms with Crippen molar-refractivity contribution in [2.24, 2.45) is 0 Å². The van der Waals surface area contributed by atoms with E-state index in [1.54, 1.807) is 18.2 Å². The highest BCUT2D eigenvalue weighted by atomic mass is 32.2. The molecule has 0 radical (unpaired) electrons. The van der Waals surface area contributed by atoms with Gasteiger partial charge in [0.1, 0.15) is 0 Å². The summed E-state index contributed by atoms with van der Waals surface area (Å²) >= 11 is 0. The van der Waals surface area contributed by atoms with E-state index in [1.165, 1.54) is 4.31 Å². The van der Waals surface area contributed by atoms with E-state index in [2.05, 4.69) is 5.32 Å². The first-order chi connectivity index (χ1) is 9.89. The molecule has 2 saturated heterocycles. The third-order valence-corrected chi connectivity index (χ3v) is 5.53. The summed E-state index contributed by atoms with van der Waals surface area (Å²) in [5, 5.41) is 2.43. The summed E-state index contributed by atoms with van der Waals surface area (Å²) in [6.07, 6.45) is 0. The molecule has 0 atom stereocenters. The van der Waals surface area contributed by atoms with Crippen molar-refractivity contribution >= 4 is 22.0 Å². The van der Waals surface area contributed by atoms with Gasteiger partial charge in [0.15, 0.2) is 0 Å². The molecule has 112 valence electrons. The second-order valence-electron chi connectivity index (χ2n) is 5.21. The zero-order chi connectivity index (χ0) is 15.2. The molecule has 1 aromatic carbocycles. The molecule has 0 aromatic heterocycles. The Morgan fingerprint density at radius 3 is 2.52 bits per heavy atom. The van der Waals surface area contributed by atoms with Crippen molar-refractivity contribution in [3.05, 3.63) is 29.8 Å². The molecule has 1 aromatic rings. The monoisotopic (exact) mass is 309 g/mol. The van der Waals surface area contributed by atoms with E-state index in [1.807, 2.05) is 13.0 Å². The highest BCUT2D eigenvalue weighted by Crippen LogP contribution is 2.25. The second-order valence-corrected chi connectivity index (χ2v) is 7.15. The number of carbonyl (C=O) groups excluding carboxylic acids is 2. The molecule has 2 fully saturated rings. The van der Waals surface area contributed by atoms with Crippen molar-refractivity contribution in [1.29, 1.82) is 0 Å². The summed E-state index contributed by atoms with van der Waals surface area (Å²) in [7, 11) is -3.56. The van der Waals surface area contributed by atoms with E-state index in [4.69, 9.17) is 0 Å². The normalized spacial score (nSPS) is 20.5. The van der Waals surface area contributed by atoms with Crippen LogP contribution in [-0.4, -0.2) is 55.2 Å². The van der Waals surface area contributed by atoms with Crippen LogP contribution in [0.5, 0.6) is 0 Å². The molecule has 0 unspecified atom stereocenters. The Morgan fingerprint density at radius 2 is 1.95 bits per heavy atom. The molecule has 3 rings (SSSR count). The number of nitrogens with zero attached hydrogens (tertiary/aromatic N) is 2. The standard InChI is InChI=1S/C13H15N3O4S/c1-9-3-2-4-11(5-9)21(19,20)15-7-10(8-15)16-12(17)6-14-13(16)18/h2-5,10H,6-8H2,1H3,(H,14,18). The molecule has 0 saturated carbocycles. The molecule has 2 aliphatic heterocycles. The van der Waals surface area contributed by atoms with Gasteiger partial charge >= 0.3 is 6.03 Å². The topological polar surface area (TPSA) is 86.8 Å². The summed E-state index contributed by atoms with van der Waals surface area (Å²) in [4.78, 5) is 24.4. The number of rotatable bonds is 3. The van der Waals surface area contributed by atoms with Gasteiger partial charge in [0, 0.05) is 13.1 Å². The van der Waals surface area contributed by atoms with E-state index < -0.39 is 16.1 Å². The quantitative estimate of drug-likeness (QED) is 0.791. The molecule has 0 spiro atoms. The smallest absolute Gasteiger partial charge is 0.324 e. The van der Waals surface area contributed by atoms with Gasteiger partial charge in [0.25, 0.3) is 0 Å². The summed E-state index contributed by atoms with van der Waals surface area (Å²) in [6, 6.07) is 5.85. The lowest BCUT2D eigenvalue weighted by Gasteiger charge is -2.41. The van der Waals surface area contributed by atoms with Gasteiger partial charge in [-0.2, -0.15) is 4.31 Å². The van der Waals surface area contributed by atoms with Crippen molar-refractivity contribution in [2.75, 3.05) is 19.6 Å². The van der Waals surface area contributed by atoms with Gasteiger partial charge in [-0.3, -0.25) is 9.69 Å². The van der Waals surface area contributed by atoms with Crippen LogP contribution in [0.1, 0.15) is 5.56 Å². The summed E-state index contributed by atoms with van der Waals surface area (Å²) in [5.41, 5.74) is 0.863. The Labute approximate surface area is 122 Å². The van der Waals surface area contributed by atoms with Gasteiger partial charge in [-0.25, -0.2) is 13.2 Å². The zero-order valence-corrected chi connectivity index (χ0v) is 12.3. The van der Waals surface area contributed by atoms with Crippen molar-refractivity contribution < 1.29 is 18.0 Å². The van der Waals surface area contributed by atoms with Crippen LogP contribution < -0.4 is 5.32 Å². The fourth-order valence-corrected chi connectivity index (χ4v) is 4.13. The number of sulfonamides is 1. The maximum atomic E-state index is 12.4. The Balaban J connectivity index is 1.74. The lowest BCUT2D eigenvalue weighted by atomic mass is 10.1. The Hall–Kier alpha value is -1.93. The lowest BCUT2D eigenvalue weighted by molar-refractivity contribution is -0.128. The van der Waals surface area contributed by atoms with Crippen LogP contribution in [-0.2, 0) is 14.8 Å². The number of nitrogens with one attached hydrogen (secondary N) is 1. The van der Waals surface area contributed by atoms with Crippen LogP contribution in [0.2, 0.25) is 0 Å². The van der Waals surface area contributed by atoms with Gasteiger partial charge in [-0.1, -0.05) is 12.1 Å². The summed E-state index contributed by atoms with van der Waals surface area (Å²) < 4.78 is 26.1. The van der Waals surface area contributed by atoms with Crippen LogP contribution in [0.3, 0.4) is 0 Å². The van der Waals surface area contributed by atoms with Crippen LogP contribution in [0, 0.1) is 6.92 Å². The van der Waals surface area contributed by atoms with Crippen LogP contribution in [0.25, 0.3) is 0 Å². The number of amides is 3. The molecular formula is C13H15N3O4S. The number of aryl methyl sites for hydroxylation is 1. The maximum absolute atomic E-state index is 12.4. The third-order valence-electron chi connectivity index (χ3n) is 3.70. The Bertz CT molecular complexity index is 694. The molecule has 3 amide bonds. The first kappa shape index (κ1) is 14.0. The number of urea groups is 1. The number of carbonyl (C=O) groups is 2. The number of benzene rings is 1. The highest BCUT2D eigenvalue weighted by molar-refractivity contribution is 7.89. The molecular weight excluding hydrogens is 294 g/mol. The molecule has 0 bridgehead atoms. The van der Waals surface area contributed by atoms with Gasteiger partial charge in [0.05, 0.1) is 17.5 Å². The van der Waals surface area contributed by atoms with E-state index in [-0.39, 0.29) is 36.5 Å². The molecule has 2 heterocycles. The van der Waals surface area contributed by atoms with E-state index in [9.17, 15) is 18.0 Å². The van der Waals surface area contributed by atoms with E-state index in [0.29, 0.717) is 0 Å². The average molecular weight is 309 g/mol. The molecule has 7 nitrogen and oxygen atoms in total. The number of hydrogen-bond acceptors (Lipinski definition) is 4. The maximum Gasteiger partial charge on any atom is 0.324 e. The minimum absolute atomic E-state index is 0.0139. The highest BCUT2D eigenvalue weighted by Gasteiger charge is 2.45. The minimum Gasteiger partial charge on any atom is -0.329 e. The third kappa shape index (κ3) is 2.30. The summed E-state index contributed by atoms with van der Waals surface area (Å²) in [6.45, 7) is 2.11. The SMILES string of the molecule is Cc1cccc(S(=O)(=O)N2CC(N3C(=O)CNC3=O)C2)c1. The van der Waals surface area contributed by atoms with Crippen molar-refractivity contribution in [3.63, 3.8) is 0 Å². The van der Waals surface area contributed by atoms with Gasteiger partial charge in [-0.15, -0.1) is 0 Å². The predicted molar refractivity (Wildman–Crippen MR) is 74.0 cm³/mol. The minimum atomic E-state index is -3.56. The lowest BCUT2D eigenvalue weighted by Crippen LogP contribution is -2.62. The van der Waals surface area contributed by atoms with E-state index in [0.717, 1.165) is 10.5 Å². The van der Waals surface area contributed by atoms with Gasteiger partial charge in [0.2, 0.25) is 15.9 Å². The number of imide groups is 1. The van der Waals surface area contributed by atoms with Crippen molar-refractivity contribution in [2.45, 2.75) is 17.9 Å². The van der Waals surface area contributed by atoms with Crippen LogP contribution >= 0.6 is 0 Å². The molecule has 0 aliphatic carbocycles. The zero-order valence-electron chi connectivity index (χ0n) is 11.4. The predicted octanol–water partition coefficient (Wildman–Crippen LogP) is -0.0803. The average Bonchev–Trinajstić information content (AvgIpc) is 2.69. The summed E-state index contributed by atoms with van der Waals surface area (Å²) in [5.74, 6) is -0.308. The Kier molecular flexibility index (Phi) is 3.22. The fourth-order valence-electron chi connectivity index (χ4n) is 2.51. The molecule has 1 N–H and O–H groups in total. The molecule has 21 heavy (non-hydrogen) atoms. The van der Waals surface area contributed by atoms with Crippen LogP contribution in [0.15, 0.2) is 29.2 Å². The molecule has 2 aliphatic rings. The van der Waals surface area contributed by atoms with Crippen molar-refractivity contribution in [1.82, 2.24) is 14.5 Å². The second kappa shape index (κ2) is 4.81. The fraction of sp³-hybridized carbons (Fsp3) is 0.385. The van der Waals surface area contributed by atoms with Crippen molar-refractivity contribution in [3.8, 4) is 0 Å². The largest absolute Gasteiger partial charge is 0.329 e. The Morgan fingerprint density at radius 1 is 1.24 bits per heavy atom. The molecule has 8 heteroatoms. The van der Waals surface area contributed by atoms with E-state index >= 15 is 0 Å². The number of hydrogen-bond donors (Lipinski definition) is 1. The van der Waals surface area contributed by atoms with Gasteiger partial charge < -0.3 is 5.32 Å². The first-order valence-electron chi connectivity index (χ1n) is 6.56. The first-order valence-corrected chi connectivity index (χ1v) is 8.00.